The summed E-state index contributed by atoms with van der Waals surface area (Å²) in [6.07, 6.45) is -4.52. The number of alkyl halides is 3. The van der Waals surface area contributed by atoms with Crippen molar-refractivity contribution >= 4 is 49.4 Å². The fraction of sp³-hybridized carbons (Fsp3) is 0.100. The highest BCUT2D eigenvalue weighted by molar-refractivity contribution is 14.1. The van der Waals surface area contributed by atoms with Crippen molar-refractivity contribution in [2.24, 2.45) is 0 Å². The van der Waals surface area contributed by atoms with Crippen LogP contribution in [0.2, 0.25) is 0 Å². The Balaban J connectivity index is 2.83. The Labute approximate surface area is 115 Å². The highest BCUT2D eigenvalue weighted by Gasteiger charge is 2.33. The van der Waals surface area contributed by atoms with Crippen LogP contribution >= 0.6 is 38.5 Å². The molecule has 0 atom stereocenters. The molecule has 0 aliphatic heterocycles. The third-order valence-electron chi connectivity index (χ3n) is 2.07. The first-order chi connectivity index (χ1) is 7.79. The average molecular weight is 420 g/mol. The summed E-state index contributed by atoms with van der Waals surface area (Å²) < 4.78 is 51.3. The van der Waals surface area contributed by atoms with Gasteiger partial charge >= 0.3 is 6.18 Å². The Morgan fingerprint density at radius 1 is 1.18 bits per heavy atom. The molecule has 1 nitrogen and oxygen atoms in total. The SMILES string of the molecule is Fc1cc(I)c2nc(C(F)(F)F)cc(Br)c2c1. The van der Waals surface area contributed by atoms with Gasteiger partial charge in [-0.25, -0.2) is 9.37 Å². The van der Waals surface area contributed by atoms with Gasteiger partial charge in [0.1, 0.15) is 11.5 Å². The molecule has 0 bridgehead atoms. The minimum absolute atomic E-state index is 0.133. The lowest BCUT2D eigenvalue weighted by Crippen LogP contribution is -2.08. The van der Waals surface area contributed by atoms with E-state index in [4.69, 9.17) is 0 Å². The number of rotatable bonds is 0. The number of fused-ring (bicyclic) bond motifs is 1. The van der Waals surface area contributed by atoms with Crippen LogP contribution in [0.15, 0.2) is 22.7 Å². The van der Waals surface area contributed by atoms with Gasteiger partial charge in [0, 0.05) is 13.4 Å². The highest BCUT2D eigenvalue weighted by Crippen LogP contribution is 2.34. The number of nitrogens with zero attached hydrogens (tertiary/aromatic N) is 1. The summed E-state index contributed by atoms with van der Waals surface area (Å²) >= 11 is 4.75. The smallest absolute Gasteiger partial charge is 0.242 e. The van der Waals surface area contributed by atoms with Crippen molar-refractivity contribution in [3.05, 3.63) is 37.8 Å². The van der Waals surface area contributed by atoms with E-state index in [-0.39, 0.29) is 9.99 Å². The normalized spacial score (nSPS) is 12.1. The fourth-order valence-corrected chi connectivity index (χ4v) is 2.59. The molecule has 0 N–H and O–H groups in total. The summed E-state index contributed by atoms with van der Waals surface area (Å²) in [5.41, 5.74) is -0.866. The van der Waals surface area contributed by atoms with Gasteiger partial charge in [-0.3, -0.25) is 0 Å². The highest BCUT2D eigenvalue weighted by atomic mass is 127. The first-order valence-electron chi connectivity index (χ1n) is 4.31. The second-order valence-corrected chi connectivity index (χ2v) is 5.29. The Kier molecular flexibility index (Phi) is 3.32. The Morgan fingerprint density at radius 2 is 1.82 bits per heavy atom. The molecule has 1 heterocycles. The topological polar surface area (TPSA) is 12.9 Å². The first kappa shape index (κ1) is 13.0. The fourth-order valence-electron chi connectivity index (χ4n) is 1.36. The van der Waals surface area contributed by atoms with Crippen LogP contribution in [0.3, 0.4) is 0 Å². The monoisotopic (exact) mass is 419 g/mol. The number of halogens is 6. The van der Waals surface area contributed by atoms with Crippen molar-refractivity contribution in [1.82, 2.24) is 4.98 Å². The summed E-state index contributed by atoms with van der Waals surface area (Å²) in [5.74, 6) is -0.510. The predicted molar refractivity (Wildman–Crippen MR) is 67.1 cm³/mol. The molecular formula is C10H3BrF4IN. The standard InChI is InChI=1S/C10H3BrF4IN/c11-6-3-8(10(13,14)15)17-9-5(6)1-4(12)2-7(9)16/h1-3H. The molecule has 0 saturated heterocycles. The minimum Gasteiger partial charge on any atom is -0.242 e. The first-order valence-corrected chi connectivity index (χ1v) is 6.18. The van der Waals surface area contributed by atoms with Crippen molar-refractivity contribution in [3.8, 4) is 0 Å². The van der Waals surface area contributed by atoms with Crippen LogP contribution in [-0.2, 0) is 6.18 Å². The second-order valence-electron chi connectivity index (χ2n) is 3.27. The molecule has 1 aromatic carbocycles. The summed E-state index contributed by atoms with van der Waals surface area (Å²) in [6.45, 7) is 0. The van der Waals surface area contributed by atoms with Gasteiger partial charge in [-0.05, 0) is 40.8 Å². The van der Waals surface area contributed by atoms with Crippen LogP contribution in [0.4, 0.5) is 17.6 Å². The van der Waals surface area contributed by atoms with Crippen molar-refractivity contribution in [3.63, 3.8) is 0 Å². The number of hydrogen-bond acceptors (Lipinski definition) is 1. The van der Waals surface area contributed by atoms with E-state index in [1.807, 2.05) is 0 Å². The van der Waals surface area contributed by atoms with Crippen LogP contribution < -0.4 is 0 Å². The summed E-state index contributed by atoms with van der Waals surface area (Å²) in [7, 11) is 0. The summed E-state index contributed by atoms with van der Waals surface area (Å²) in [4.78, 5) is 3.52. The van der Waals surface area contributed by atoms with E-state index in [0.717, 1.165) is 18.2 Å². The van der Waals surface area contributed by atoms with E-state index in [2.05, 4.69) is 20.9 Å². The van der Waals surface area contributed by atoms with Gasteiger partial charge in [-0.1, -0.05) is 15.9 Å². The lowest BCUT2D eigenvalue weighted by molar-refractivity contribution is -0.141. The lowest BCUT2D eigenvalue weighted by Gasteiger charge is -2.09. The van der Waals surface area contributed by atoms with E-state index in [1.54, 1.807) is 22.6 Å². The van der Waals surface area contributed by atoms with Crippen LogP contribution in [-0.4, -0.2) is 4.98 Å². The molecule has 0 radical (unpaired) electrons. The molecule has 90 valence electrons. The maximum atomic E-state index is 13.1. The lowest BCUT2D eigenvalue weighted by atomic mass is 10.2. The van der Waals surface area contributed by atoms with Gasteiger partial charge in [0.05, 0.1) is 5.52 Å². The quantitative estimate of drug-likeness (QED) is 0.443. The van der Waals surface area contributed by atoms with E-state index in [9.17, 15) is 17.6 Å². The molecule has 7 heteroatoms. The number of pyridine rings is 1. The molecule has 0 amide bonds. The number of benzene rings is 1. The number of hydrogen-bond donors (Lipinski definition) is 0. The molecular weight excluding hydrogens is 417 g/mol. The molecule has 2 rings (SSSR count). The zero-order valence-electron chi connectivity index (χ0n) is 7.95. The molecule has 0 unspecified atom stereocenters. The third kappa shape index (κ3) is 2.54. The van der Waals surface area contributed by atoms with Crippen LogP contribution in [0, 0.1) is 9.39 Å². The Morgan fingerprint density at radius 3 is 2.41 bits per heavy atom. The maximum Gasteiger partial charge on any atom is 0.433 e. The Hall–Kier alpha value is -0.440. The average Bonchev–Trinajstić information content (AvgIpc) is 2.17. The van der Waals surface area contributed by atoms with Crippen molar-refractivity contribution < 1.29 is 17.6 Å². The van der Waals surface area contributed by atoms with Gasteiger partial charge in [0.2, 0.25) is 0 Å². The van der Waals surface area contributed by atoms with E-state index < -0.39 is 17.7 Å². The molecule has 0 aliphatic carbocycles. The maximum absolute atomic E-state index is 13.1. The number of aromatic nitrogens is 1. The zero-order chi connectivity index (χ0) is 12.8. The minimum atomic E-state index is -4.52. The molecule has 2 aromatic rings. The van der Waals surface area contributed by atoms with Crippen molar-refractivity contribution in [1.29, 1.82) is 0 Å². The summed E-state index contributed by atoms with van der Waals surface area (Å²) in [6, 6.07) is 3.13. The van der Waals surface area contributed by atoms with Crippen molar-refractivity contribution in [2.45, 2.75) is 6.18 Å². The van der Waals surface area contributed by atoms with E-state index in [0.29, 0.717) is 8.96 Å². The van der Waals surface area contributed by atoms with Crippen LogP contribution in [0.5, 0.6) is 0 Å². The molecule has 17 heavy (non-hydrogen) atoms. The van der Waals surface area contributed by atoms with Crippen LogP contribution in [0.25, 0.3) is 10.9 Å². The van der Waals surface area contributed by atoms with Gasteiger partial charge in [-0.15, -0.1) is 0 Å². The predicted octanol–water partition coefficient (Wildman–Crippen LogP) is 4.76. The largest absolute Gasteiger partial charge is 0.433 e. The van der Waals surface area contributed by atoms with Gasteiger partial charge in [0.15, 0.2) is 0 Å². The van der Waals surface area contributed by atoms with E-state index >= 15 is 0 Å². The Bertz CT molecular complexity index is 597. The van der Waals surface area contributed by atoms with Gasteiger partial charge in [0.25, 0.3) is 0 Å². The molecule has 0 spiro atoms. The van der Waals surface area contributed by atoms with Crippen LogP contribution in [0.1, 0.15) is 5.69 Å². The molecule has 0 fully saturated rings. The second kappa shape index (κ2) is 4.34. The van der Waals surface area contributed by atoms with E-state index in [1.165, 1.54) is 0 Å². The zero-order valence-corrected chi connectivity index (χ0v) is 11.7. The molecule has 0 aliphatic rings. The molecule has 0 saturated carbocycles. The van der Waals surface area contributed by atoms with Gasteiger partial charge < -0.3 is 0 Å². The van der Waals surface area contributed by atoms with Crippen molar-refractivity contribution in [2.75, 3.05) is 0 Å². The third-order valence-corrected chi connectivity index (χ3v) is 3.55. The summed E-state index contributed by atoms with van der Waals surface area (Å²) in [5, 5.41) is 0.322. The molecule has 1 aromatic heterocycles. The van der Waals surface area contributed by atoms with Gasteiger partial charge in [-0.2, -0.15) is 13.2 Å².